The first-order valence-corrected chi connectivity index (χ1v) is 11.6. The van der Waals surface area contributed by atoms with Gasteiger partial charge in [-0.3, -0.25) is 4.79 Å². The summed E-state index contributed by atoms with van der Waals surface area (Å²) in [4.78, 5) is 32.5. The summed E-state index contributed by atoms with van der Waals surface area (Å²) in [5, 5.41) is 7.57. The number of hydrogen-bond acceptors (Lipinski definition) is 5. The van der Waals surface area contributed by atoms with Gasteiger partial charge in [0.1, 0.15) is 6.04 Å². The lowest BCUT2D eigenvalue weighted by Crippen LogP contribution is -2.46. The van der Waals surface area contributed by atoms with E-state index in [2.05, 4.69) is 11.4 Å². The number of amides is 2. The monoisotopic (exact) mass is 447 g/mol. The Morgan fingerprint density at radius 1 is 1.09 bits per heavy atom. The van der Waals surface area contributed by atoms with Crippen LogP contribution in [0.15, 0.2) is 42.5 Å². The molecule has 3 heterocycles. The lowest BCUT2D eigenvalue weighted by Gasteiger charge is -2.37. The molecule has 2 aromatic heterocycles. The van der Waals surface area contributed by atoms with Crippen molar-refractivity contribution in [2.45, 2.75) is 57.0 Å². The quantitative estimate of drug-likeness (QED) is 0.637. The number of ether oxygens (including phenoxy) is 1. The minimum absolute atomic E-state index is 0.156. The summed E-state index contributed by atoms with van der Waals surface area (Å²) in [6.45, 7) is 2.66. The number of alkyl carbamates (subject to hydrolysis) is 1. The number of nitrogens with one attached hydrogen (secondary N) is 1. The zero-order valence-corrected chi connectivity index (χ0v) is 19.0. The number of nitrogens with zero attached hydrogens (tertiary/aromatic N) is 4. The van der Waals surface area contributed by atoms with Crippen molar-refractivity contribution in [2.24, 2.45) is 0 Å². The summed E-state index contributed by atoms with van der Waals surface area (Å²) in [5.41, 5.74) is 4.58. The summed E-state index contributed by atoms with van der Waals surface area (Å²) in [7, 11) is 1.30. The van der Waals surface area contributed by atoms with Crippen molar-refractivity contribution in [3.8, 4) is 0 Å². The highest BCUT2D eigenvalue weighted by atomic mass is 16.5. The molecule has 1 aliphatic heterocycles. The van der Waals surface area contributed by atoms with E-state index >= 15 is 0 Å². The second-order valence-corrected chi connectivity index (χ2v) is 8.96. The largest absolute Gasteiger partial charge is 0.453 e. The zero-order valence-electron chi connectivity index (χ0n) is 19.0. The van der Waals surface area contributed by atoms with E-state index in [1.54, 1.807) is 0 Å². The van der Waals surface area contributed by atoms with Crippen LogP contribution < -0.4 is 5.32 Å². The van der Waals surface area contributed by atoms with Gasteiger partial charge in [0.05, 0.1) is 18.8 Å². The molecule has 0 radical (unpaired) electrons. The van der Waals surface area contributed by atoms with Crippen molar-refractivity contribution in [3.63, 3.8) is 0 Å². The highest BCUT2D eigenvalue weighted by Crippen LogP contribution is 2.40. The van der Waals surface area contributed by atoms with Gasteiger partial charge in [0, 0.05) is 29.9 Å². The van der Waals surface area contributed by atoms with Gasteiger partial charge >= 0.3 is 6.09 Å². The Hall–Kier alpha value is -3.42. The molecule has 1 unspecified atom stereocenters. The van der Waals surface area contributed by atoms with Crippen LogP contribution in [0, 0.1) is 6.92 Å². The maximum atomic E-state index is 13.8. The number of carbonyl (C=O) groups excluding carboxylic acids is 2. The zero-order chi connectivity index (χ0) is 22.9. The average Bonchev–Trinajstić information content (AvgIpc) is 3.61. The summed E-state index contributed by atoms with van der Waals surface area (Å²) < 4.78 is 6.67. The number of hydrogen-bond donors (Lipinski definition) is 1. The molecule has 2 aliphatic rings. The van der Waals surface area contributed by atoms with Gasteiger partial charge in [0.25, 0.3) is 0 Å². The van der Waals surface area contributed by atoms with Crippen molar-refractivity contribution in [1.82, 2.24) is 24.8 Å². The van der Waals surface area contributed by atoms with Crippen molar-refractivity contribution in [3.05, 3.63) is 65.1 Å². The SMILES string of the molecule is COC(=O)NC(C(=O)N1CCCC[C@H]1c1cc2nc(C3CC3)cc(C)n2n1)c1ccccc1. The molecular formula is C25H29N5O3. The summed E-state index contributed by atoms with van der Waals surface area (Å²) in [5.74, 6) is 0.410. The van der Waals surface area contributed by atoms with Crippen LogP contribution >= 0.6 is 0 Å². The molecule has 0 spiro atoms. The maximum absolute atomic E-state index is 13.8. The van der Waals surface area contributed by atoms with Gasteiger partial charge in [0.15, 0.2) is 5.65 Å². The van der Waals surface area contributed by atoms with Crippen LogP contribution in [0.2, 0.25) is 0 Å². The normalized spacial score (nSPS) is 19.3. The molecule has 172 valence electrons. The van der Waals surface area contributed by atoms with E-state index in [1.165, 1.54) is 20.0 Å². The number of aryl methyl sites for hydroxylation is 1. The molecule has 1 aliphatic carbocycles. The molecule has 1 aromatic carbocycles. The molecule has 8 nitrogen and oxygen atoms in total. The van der Waals surface area contributed by atoms with Crippen LogP contribution in [0.1, 0.15) is 72.8 Å². The Kier molecular flexibility index (Phi) is 5.74. The van der Waals surface area contributed by atoms with Gasteiger partial charge in [-0.25, -0.2) is 14.3 Å². The van der Waals surface area contributed by atoms with Crippen LogP contribution in [0.3, 0.4) is 0 Å². The summed E-state index contributed by atoms with van der Waals surface area (Å²) in [6.07, 6.45) is 4.52. The van der Waals surface area contributed by atoms with E-state index in [0.29, 0.717) is 12.5 Å². The molecule has 33 heavy (non-hydrogen) atoms. The number of rotatable bonds is 5. The molecular weight excluding hydrogens is 418 g/mol. The minimum atomic E-state index is -0.822. The standard InChI is InChI=1S/C25H29N5O3/c1-16-14-19(17-11-12-17)26-22-15-20(28-30(16)22)21-10-6-7-13-29(21)24(31)23(27-25(32)33-2)18-8-4-3-5-9-18/h3-5,8-9,14-15,17,21,23H,6-7,10-13H2,1-2H3,(H,27,32)/t21-,23?/m0/s1. The third-order valence-corrected chi connectivity index (χ3v) is 6.59. The van der Waals surface area contributed by atoms with E-state index in [1.807, 2.05) is 52.7 Å². The number of benzene rings is 1. The molecule has 2 amide bonds. The summed E-state index contributed by atoms with van der Waals surface area (Å²) in [6, 6.07) is 12.4. The topological polar surface area (TPSA) is 88.8 Å². The lowest BCUT2D eigenvalue weighted by molar-refractivity contribution is -0.137. The van der Waals surface area contributed by atoms with Gasteiger partial charge in [-0.1, -0.05) is 30.3 Å². The van der Waals surface area contributed by atoms with Gasteiger partial charge in [-0.2, -0.15) is 5.10 Å². The van der Waals surface area contributed by atoms with Gasteiger partial charge in [-0.05, 0) is 50.7 Å². The Bertz CT molecular complexity index is 1170. The molecule has 0 bridgehead atoms. The Morgan fingerprint density at radius 3 is 2.61 bits per heavy atom. The Morgan fingerprint density at radius 2 is 1.88 bits per heavy atom. The molecule has 1 saturated carbocycles. The van der Waals surface area contributed by atoms with Crippen LogP contribution in [0.4, 0.5) is 4.79 Å². The van der Waals surface area contributed by atoms with Crippen LogP contribution in [-0.2, 0) is 9.53 Å². The second kappa shape index (κ2) is 8.84. The third kappa shape index (κ3) is 4.29. The predicted molar refractivity (Wildman–Crippen MR) is 123 cm³/mol. The highest BCUT2D eigenvalue weighted by molar-refractivity contribution is 5.87. The predicted octanol–water partition coefficient (Wildman–Crippen LogP) is 4.07. The van der Waals surface area contributed by atoms with E-state index < -0.39 is 12.1 Å². The highest BCUT2D eigenvalue weighted by Gasteiger charge is 2.36. The number of fused-ring (bicyclic) bond motifs is 1. The first-order valence-electron chi connectivity index (χ1n) is 11.6. The van der Waals surface area contributed by atoms with E-state index in [9.17, 15) is 9.59 Å². The smallest absolute Gasteiger partial charge is 0.407 e. The fourth-order valence-electron chi connectivity index (χ4n) is 4.70. The first kappa shape index (κ1) is 21.4. The first-order chi connectivity index (χ1) is 16.0. The number of methoxy groups -OCH3 is 1. The maximum Gasteiger partial charge on any atom is 0.407 e. The fourth-order valence-corrected chi connectivity index (χ4v) is 4.70. The molecule has 8 heteroatoms. The molecule has 3 aromatic rings. The van der Waals surface area contributed by atoms with Crippen LogP contribution in [0.5, 0.6) is 0 Å². The second-order valence-electron chi connectivity index (χ2n) is 8.96. The van der Waals surface area contributed by atoms with Crippen molar-refractivity contribution in [2.75, 3.05) is 13.7 Å². The Labute approximate surface area is 192 Å². The molecule has 5 rings (SSSR count). The number of carbonyl (C=O) groups is 2. The Balaban J connectivity index is 1.48. The lowest BCUT2D eigenvalue weighted by atomic mass is 9.96. The van der Waals surface area contributed by atoms with Gasteiger partial charge < -0.3 is 15.0 Å². The number of aromatic nitrogens is 3. The molecule has 1 N–H and O–H groups in total. The van der Waals surface area contributed by atoms with E-state index in [4.69, 9.17) is 14.8 Å². The fraction of sp³-hybridized carbons (Fsp3) is 0.440. The van der Waals surface area contributed by atoms with Gasteiger partial charge in [-0.15, -0.1) is 0 Å². The van der Waals surface area contributed by atoms with Crippen LogP contribution in [-0.4, -0.2) is 45.2 Å². The van der Waals surface area contributed by atoms with Crippen molar-refractivity contribution >= 4 is 17.6 Å². The van der Waals surface area contributed by atoms with E-state index in [0.717, 1.165) is 47.6 Å². The molecule has 2 fully saturated rings. The van der Waals surface area contributed by atoms with Crippen molar-refractivity contribution in [1.29, 1.82) is 0 Å². The minimum Gasteiger partial charge on any atom is -0.453 e. The van der Waals surface area contributed by atoms with E-state index in [-0.39, 0.29) is 11.9 Å². The van der Waals surface area contributed by atoms with Crippen LogP contribution in [0.25, 0.3) is 5.65 Å². The summed E-state index contributed by atoms with van der Waals surface area (Å²) >= 11 is 0. The average molecular weight is 448 g/mol. The molecule has 1 saturated heterocycles. The number of likely N-dealkylation sites (tertiary alicyclic amines) is 1. The molecule has 2 atom stereocenters. The van der Waals surface area contributed by atoms with Gasteiger partial charge in [0.2, 0.25) is 5.91 Å². The third-order valence-electron chi connectivity index (χ3n) is 6.59. The number of piperidine rings is 1. The van der Waals surface area contributed by atoms with Crippen molar-refractivity contribution < 1.29 is 14.3 Å².